The van der Waals surface area contributed by atoms with Crippen LogP contribution in [0.4, 0.5) is 50.4 Å². The lowest BCUT2D eigenvalue weighted by Crippen LogP contribution is -2.47. The molecule has 0 saturated carbocycles. The molecule has 0 bridgehead atoms. The normalized spacial score (nSPS) is 15.6. The predicted molar refractivity (Wildman–Crippen MR) is 146 cm³/mol. The Bertz CT molecular complexity index is 1520. The fourth-order valence-corrected chi connectivity index (χ4v) is 5.27. The van der Waals surface area contributed by atoms with Gasteiger partial charge in [-0.2, -0.15) is 0 Å². The lowest BCUT2D eigenvalue weighted by Gasteiger charge is -2.38. The van der Waals surface area contributed by atoms with Crippen molar-refractivity contribution in [2.24, 2.45) is 0 Å². The number of amides is 1. The average molecular weight is 612 g/mol. The molecule has 2 saturated heterocycles. The van der Waals surface area contributed by atoms with Crippen molar-refractivity contribution in [3.05, 3.63) is 86.2 Å². The Morgan fingerprint density at radius 1 is 0.786 bits per heavy atom. The van der Waals surface area contributed by atoms with Gasteiger partial charge in [0.2, 0.25) is 5.82 Å². The molecule has 0 aromatic heterocycles. The molecule has 2 heterocycles. The molecule has 42 heavy (non-hydrogen) atoms. The second kappa shape index (κ2) is 12.0. The molecule has 9 nitrogen and oxygen atoms in total. The number of piperazine rings is 1. The third-order valence-corrected chi connectivity index (χ3v) is 7.42. The number of carbonyl (C=O) groups is 1. The van der Waals surface area contributed by atoms with E-state index >= 15 is 0 Å². The molecule has 3 aromatic rings. The van der Waals surface area contributed by atoms with Crippen LogP contribution in [-0.4, -0.2) is 63.3 Å². The maximum Gasteiger partial charge on any atom is 0.293 e. The fraction of sp³-hybridized carbons (Fsp3) is 0.296. The molecule has 1 amide bonds. The van der Waals surface area contributed by atoms with Gasteiger partial charge in [-0.25, -0.2) is 22.0 Å². The monoisotopic (exact) mass is 611 g/mol. The van der Waals surface area contributed by atoms with Gasteiger partial charge in [-0.3, -0.25) is 14.9 Å². The van der Waals surface area contributed by atoms with Crippen LogP contribution in [0.3, 0.4) is 0 Å². The third kappa shape index (κ3) is 5.63. The van der Waals surface area contributed by atoms with Crippen LogP contribution in [0.15, 0.2) is 36.4 Å². The molecular formula is C27H23ClF5N5O4. The standard InChI is InChI=1S/C27H23ClF5N5O4/c28-17-14-16(34-27(39)15-1-3-19(20(13-15)38(40)41)36-9-11-42-12-10-36)2-4-18(17)35-5-7-37(8-6-35)26-24(32)22(30)21(29)23(31)25(26)33/h1-4,13-14H,5-12H2,(H,34,39). The molecule has 2 aliphatic rings. The number of morpholine rings is 1. The zero-order valence-electron chi connectivity index (χ0n) is 21.8. The SMILES string of the molecule is O=C(Nc1ccc(N2CCN(c3c(F)c(F)c(F)c(F)c3F)CC2)c(Cl)c1)c1ccc(N2CCOCC2)c([N+](=O)[O-])c1. The predicted octanol–water partition coefficient (Wildman–Crippen LogP) is 5.36. The summed E-state index contributed by atoms with van der Waals surface area (Å²) in [4.78, 5) is 28.7. The van der Waals surface area contributed by atoms with Crippen LogP contribution in [0, 0.1) is 39.2 Å². The fourth-order valence-electron chi connectivity index (χ4n) is 4.97. The van der Waals surface area contributed by atoms with E-state index < -0.39 is 45.6 Å². The molecule has 1 N–H and O–H groups in total. The van der Waals surface area contributed by atoms with Gasteiger partial charge in [0.05, 0.1) is 28.8 Å². The van der Waals surface area contributed by atoms with Gasteiger partial charge in [-0.1, -0.05) is 11.6 Å². The van der Waals surface area contributed by atoms with E-state index in [1.807, 2.05) is 4.90 Å². The third-order valence-electron chi connectivity index (χ3n) is 7.11. The van der Waals surface area contributed by atoms with Crippen molar-refractivity contribution in [1.82, 2.24) is 0 Å². The van der Waals surface area contributed by atoms with Crippen LogP contribution in [0.2, 0.25) is 5.02 Å². The quantitative estimate of drug-likeness (QED) is 0.132. The topological polar surface area (TPSA) is 91.2 Å². The van der Waals surface area contributed by atoms with Crippen molar-refractivity contribution in [2.75, 3.05) is 72.5 Å². The van der Waals surface area contributed by atoms with E-state index in [-0.39, 0.29) is 42.5 Å². The first-order valence-corrected chi connectivity index (χ1v) is 13.2. The number of ether oxygens (including phenoxy) is 1. The van der Waals surface area contributed by atoms with Gasteiger partial charge in [-0.15, -0.1) is 0 Å². The van der Waals surface area contributed by atoms with Gasteiger partial charge in [0.15, 0.2) is 23.3 Å². The Morgan fingerprint density at radius 3 is 1.93 bits per heavy atom. The van der Waals surface area contributed by atoms with Crippen LogP contribution in [-0.2, 0) is 4.74 Å². The van der Waals surface area contributed by atoms with Crippen molar-refractivity contribution in [2.45, 2.75) is 0 Å². The number of carbonyl (C=O) groups excluding carboxylic acids is 1. The zero-order chi connectivity index (χ0) is 30.1. The van der Waals surface area contributed by atoms with E-state index in [2.05, 4.69) is 5.32 Å². The minimum absolute atomic E-state index is 0.0492. The Kier molecular flexibility index (Phi) is 8.36. The number of nitro groups is 1. The van der Waals surface area contributed by atoms with Crippen molar-refractivity contribution in [3.8, 4) is 0 Å². The second-order valence-electron chi connectivity index (χ2n) is 9.57. The highest BCUT2D eigenvalue weighted by molar-refractivity contribution is 6.33. The van der Waals surface area contributed by atoms with E-state index in [0.717, 1.165) is 4.90 Å². The zero-order valence-corrected chi connectivity index (χ0v) is 22.6. The van der Waals surface area contributed by atoms with E-state index in [1.165, 1.54) is 24.3 Å². The number of hydrogen-bond acceptors (Lipinski definition) is 7. The van der Waals surface area contributed by atoms with Crippen molar-refractivity contribution < 1.29 is 36.4 Å². The van der Waals surface area contributed by atoms with Crippen LogP contribution in [0.1, 0.15) is 10.4 Å². The number of nitrogens with one attached hydrogen (secondary N) is 1. The minimum Gasteiger partial charge on any atom is -0.378 e. The average Bonchev–Trinajstić information content (AvgIpc) is 3.00. The van der Waals surface area contributed by atoms with E-state index in [0.29, 0.717) is 43.4 Å². The highest BCUT2D eigenvalue weighted by Gasteiger charge is 2.31. The van der Waals surface area contributed by atoms with E-state index in [4.69, 9.17) is 16.3 Å². The first kappa shape index (κ1) is 29.3. The van der Waals surface area contributed by atoms with Crippen LogP contribution >= 0.6 is 11.6 Å². The first-order chi connectivity index (χ1) is 20.1. The Labute approximate surface area is 241 Å². The summed E-state index contributed by atoms with van der Waals surface area (Å²) in [5.74, 6) is -10.6. The first-order valence-electron chi connectivity index (χ1n) is 12.8. The highest BCUT2D eigenvalue weighted by Crippen LogP contribution is 2.34. The number of hydrogen-bond donors (Lipinski definition) is 1. The summed E-state index contributed by atoms with van der Waals surface area (Å²) in [7, 11) is 0. The van der Waals surface area contributed by atoms with Crippen LogP contribution in [0.25, 0.3) is 0 Å². The summed E-state index contributed by atoms with van der Waals surface area (Å²) in [6, 6.07) is 8.87. The van der Waals surface area contributed by atoms with Crippen molar-refractivity contribution in [3.63, 3.8) is 0 Å². The van der Waals surface area contributed by atoms with Gasteiger partial charge < -0.3 is 24.8 Å². The van der Waals surface area contributed by atoms with Gasteiger partial charge in [-0.05, 0) is 30.3 Å². The molecule has 2 fully saturated rings. The molecule has 0 atom stereocenters. The van der Waals surface area contributed by atoms with Gasteiger partial charge in [0.1, 0.15) is 11.4 Å². The maximum absolute atomic E-state index is 14.2. The summed E-state index contributed by atoms with van der Waals surface area (Å²) >= 11 is 6.46. The summed E-state index contributed by atoms with van der Waals surface area (Å²) in [6.45, 7) is 2.08. The summed E-state index contributed by atoms with van der Waals surface area (Å²) in [5, 5.41) is 14.6. The molecular weight excluding hydrogens is 589 g/mol. The number of benzene rings is 3. The number of rotatable bonds is 6. The lowest BCUT2D eigenvalue weighted by molar-refractivity contribution is -0.384. The number of anilines is 4. The van der Waals surface area contributed by atoms with E-state index in [9.17, 15) is 36.9 Å². The molecule has 5 rings (SSSR count). The van der Waals surface area contributed by atoms with Gasteiger partial charge in [0.25, 0.3) is 11.6 Å². The minimum atomic E-state index is -2.21. The molecule has 222 valence electrons. The Morgan fingerprint density at radius 2 is 1.33 bits per heavy atom. The molecule has 15 heteroatoms. The largest absolute Gasteiger partial charge is 0.378 e. The van der Waals surface area contributed by atoms with E-state index in [1.54, 1.807) is 17.0 Å². The smallest absolute Gasteiger partial charge is 0.293 e. The second-order valence-corrected chi connectivity index (χ2v) is 9.98. The summed E-state index contributed by atoms with van der Waals surface area (Å²) < 4.78 is 74.5. The summed E-state index contributed by atoms with van der Waals surface area (Å²) in [6.07, 6.45) is 0. The van der Waals surface area contributed by atoms with Crippen LogP contribution < -0.4 is 20.0 Å². The molecule has 2 aliphatic heterocycles. The lowest BCUT2D eigenvalue weighted by atomic mass is 10.1. The molecule has 0 aliphatic carbocycles. The molecule has 0 unspecified atom stereocenters. The molecule has 0 radical (unpaired) electrons. The van der Waals surface area contributed by atoms with Crippen molar-refractivity contribution in [1.29, 1.82) is 0 Å². The maximum atomic E-state index is 14.2. The summed E-state index contributed by atoms with van der Waals surface area (Å²) in [5.41, 5.74) is 0.123. The number of nitro benzene ring substituents is 1. The molecule has 0 spiro atoms. The molecule has 3 aromatic carbocycles. The Balaban J connectivity index is 1.26. The highest BCUT2D eigenvalue weighted by atomic mass is 35.5. The van der Waals surface area contributed by atoms with Crippen LogP contribution in [0.5, 0.6) is 0 Å². The Hall–Kier alpha value is -4.17. The van der Waals surface area contributed by atoms with Gasteiger partial charge in [0, 0.05) is 56.6 Å². The number of halogens is 6. The van der Waals surface area contributed by atoms with Gasteiger partial charge >= 0.3 is 0 Å². The number of nitrogens with zero attached hydrogens (tertiary/aromatic N) is 4. The van der Waals surface area contributed by atoms with Crippen molar-refractivity contribution >= 4 is 45.9 Å².